The molecule has 6 aromatic carbocycles. The Labute approximate surface area is 307 Å². The monoisotopic (exact) mass is 718 g/mol. The molecular formula is C48H52GeO. The molecule has 6 aromatic rings. The van der Waals surface area contributed by atoms with Crippen LogP contribution in [0.5, 0.6) is 0 Å². The summed E-state index contributed by atoms with van der Waals surface area (Å²) in [4.78, 5) is 0. The van der Waals surface area contributed by atoms with Gasteiger partial charge in [0.25, 0.3) is 0 Å². The van der Waals surface area contributed by atoms with Gasteiger partial charge < -0.3 is 5.48 Å². The van der Waals surface area contributed by atoms with Crippen molar-refractivity contribution in [2.24, 2.45) is 0 Å². The molecule has 0 bridgehead atoms. The van der Waals surface area contributed by atoms with E-state index in [1.54, 1.807) is 0 Å². The van der Waals surface area contributed by atoms with Crippen molar-refractivity contribution < 1.29 is 5.48 Å². The molecule has 1 nitrogen and oxygen atoms in total. The van der Waals surface area contributed by atoms with E-state index in [-0.39, 0.29) is 5.48 Å². The third kappa shape index (κ3) is 6.91. The quantitative estimate of drug-likeness (QED) is 0.154. The average Bonchev–Trinajstić information content (AvgIpc) is 2.97. The number of rotatable bonds is 6. The van der Waals surface area contributed by atoms with Crippen LogP contribution in [0.2, 0.25) is 0 Å². The van der Waals surface area contributed by atoms with Crippen LogP contribution in [-0.2, 0) is 0 Å². The van der Waals surface area contributed by atoms with Crippen LogP contribution in [0, 0.1) is 83.1 Å². The molecule has 254 valence electrons. The Morgan fingerprint density at radius 1 is 0.300 bits per heavy atom. The van der Waals surface area contributed by atoms with E-state index in [2.05, 4.69) is 168 Å². The van der Waals surface area contributed by atoms with Gasteiger partial charge in [0.1, 0.15) is 0 Å². The van der Waals surface area contributed by atoms with E-state index in [0.717, 1.165) is 0 Å². The standard InChI is InChI=1S/C48H50Ge.H2O/c1-27-19-31(5)43(32(6)20-27)39-15-13-16-40(44-33(7)21-28(2)22-34(44)8)47(39)49-48-41(45-35(9)23-29(3)24-36(45)10)17-14-18-42(48)46-37(11)25-30(4)26-38(46)12;/h13-26H,1-12H3;1H2. The zero-order valence-electron chi connectivity index (χ0n) is 32.1. The van der Waals surface area contributed by atoms with Crippen molar-refractivity contribution >= 4 is 24.2 Å². The predicted molar refractivity (Wildman–Crippen MR) is 220 cm³/mol. The summed E-state index contributed by atoms with van der Waals surface area (Å²) in [6.07, 6.45) is 0. The average molecular weight is 718 g/mol. The van der Waals surface area contributed by atoms with Crippen LogP contribution in [0.25, 0.3) is 44.5 Å². The summed E-state index contributed by atoms with van der Waals surface area (Å²) in [5.41, 5.74) is 27.2. The van der Waals surface area contributed by atoms with Gasteiger partial charge in [0.2, 0.25) is 0 Å². The van der Waals surface area contributed by atoms with Crippen LogP contribution in [-0.4, -0.2) is 20.9 Å². The molecule has 0 aliphatic carbocycles. The van der Waals surface area contributed by atoms with Gasteiger partial charge in [0.15, 0.2) is 0 Å². The second-order valence-corrected chi connectivity index (χ2v) is 17.3. The van der Waals surface area contributed by atoms with Gasteiger partial charge in [-0.1, -0.05) is 0 Å². The maximum absolute atomic E-state index is 2.40. The summed E-state index contributed by atoms with van der Waals surface area (Å²) in [6, 6.07) is 33.1. The molecule has 0 spiro atoms. The van der Waals surface area contributed by atoms with Crippen molar-refractivity contribution in [1.29, 1.82) is 0 Å². The SMILES string of the molecule is Cc1cc(C)c(-c2cccc(-c3c(C)cc(C)cc3C)[c]2[Ge][c]2c(-c3c(C)cc(C)cc3C)cccc2-c2c(C)cc(C)cc2C)c(C)c1.O. The van der Waals surface area contributed by atoms with E-state index in [9.17, 15) is 0 Å². The molecular weight excluding hydrogens is 665 g/mol. The molecule has 0 saturated carbocycles. The first-order valence-electron chi connectivity index (χ1n) is 17.6. The maximum atomic E-state index is 2.40. The fraction of sp³-hybridized carbons (Fsp3) is 0.250. The minimum absolute atomic E-state index is 0. The van der Waals surface area contributed by atoms with Crippen molar-refractivity contribution in [2.45, 2.75) is 83.1 Å². The Bertz CT molecular complexity index is 1860. The minimum atomic E-state index is -0.901. The zero-order chi connectivity index (χ0) is 35.3. The number of hydrogen-bond donors (Lipinski definition) is 0. The van der Waals surface area contributed by atoms with Crippen molar-refractivity contribution in [2.75, 3.05) is 0 Å². The Balaban J connectivity index is 0.00000486. The van der Waals surface area contributed by atoms with Gasteiger partial charge in [-0.25, -0.2) is 0 Å². The van der Waals surface area contributed by atoms with Gasteiger partial charge in [-0.15, -0.1) is 0 Å². The smallest absolute Gasteiger partial charge is 0.412 e. The van der Waals surface area contributed by atoms with Gasteiger partial charge >= 0.3 is 304 Å². The van der Waals surface area contributed by atoms with Crippen molar-refractivity contribution in [3.05, 3.63) is 152 Å². The van der Waals surface area contributed by atoms with Crippen LogP contribution >= 0.6 is 0 Å². The third-order valence-corrected chi connectivity index (χ3v) is 13.5. The first-order valence-corrected chi connectivity index (χ1v) is 19.7. The molecule has 0 saturated heterocycles. The fourth-order valence-electron chi connectivity index (χ4n) is 8.75. The summed E-state index contributed by atoms with van der Waals surface area (Å²) >= 11 is -0.901. The van der Waals surface area contributed by atoms with Crippen molar-refractivity contribution in [1.82, 2.24) is 0 Å². The largest absolute Gasteiger partial charge is 0.412 e. The fourth-order valence-corrected chi connectivity index (χ4v) is 12.2. The molecule has 0 aromatic heterocycles. The molecule has 0 fully saturated rings. The topological polar surface area (TPSA) is 31.5 Å². The molecule has 0 heterocycles. The zero-order valence-corrected chi connectivity index (χ0v) is 34.2. The summed E-state index contributed by atoms with van der Waals surface area (Å²) in [5.74, 6) is 0. The Kier molecular flexibility index (Phi) is 10.8. The van der Waals surface area contributed by atoms with E-state index >= 15 is 0 Å². The number of benzene rings is 6. The molecule has 2 heteroatoms. The molecule has 0 aliphatic heterocycles. The van der Waals surface area contributed by atoms with E-state index in [1.165, 1.54) is 120 Å². The normalized spacial score (nSPS) is 11.1. The first-order chi connectivity index (χ1) is 23.2. The molecule has 0 aliphatic rings. The second-order valence-electron chi connectivity index (χ2n) is 14.7. The maximum Gasteiger partial charge on any atom is -0.412 e. The number of aryl methyl sites for hydroxylation is 12. The van der Waals surface area contributed by atoms with Gasteiger partial charge in [-0.3, -0.25) is 0 Å². The number of hydrogen-bond acceptors (Lipinski definition) is 0. The molecule has 6 rings (SSSR count). The van der Waals surface area contributed by atoms with E-state index < -0.39 is 15.4 Å². The molecule has 0 atom stereocenters. The molecule has 50 heavy (non-hydrogen) atoms. The van der Waals surface area contributed by atoms with Crippen LogP contribution in [0.15, 0.2) is 84.9 Å². The Morgan fingerprint density at radius 3 is 0.660 bits per heavy atom. The third-order valence-electron chi connectivity index (χ3n) is 10.2. The van der Waals surface area contributed by atoms with Crippen LogP contribution < -0.4 is 8.79 Å². The minimum Gasteiger partial charge on any atom is -0.412 e. The van der Waals surface area contributed by atoms with E-state index in [1.807, 2.05) is 0 Å². The molecule has 0 unspecified atom stereocenters. The summed E-state index contributed by atoms with van der Waals surface area (Å²) in [6.45, 7) is 27.2. The summed E-state index contributed by atoms with van der Waals surface area (Å²) in [5, 5.41) is 0. The van der Waals surface area contributed by atoms with Crippen molar-refractivity contribution in [3.8, 4) is 44.5 Å². The van der Waals surface area contributed by atoms with E-state index in [4.69, 9.17) is 0 Å². The second kappa shape index (κ2) is 14.6. The molecule has 2 radical (unpaired) electrons. The van der Waals surface area contributed by atoms with Crippen LogP contribution in [0.1, 0.15) is 66.8 Å². The Morgan fingerprint density at radius 2 is 0.480 bits per heavy atom. The summed E-state index contributed by atoms with van der Waals surface area (Å²) in [7, 11) is 0. The van der Waals surface area contributed by atoms with Gasteiger partial charge in [0.05, 0.1) is 0 Å². The van der Waals surface area contributed by atoms with Crippen LogP contribution in [0.4, 0.5) is 0 Å². The molecule has 2 N–H and O–H groups in total. The van der Waals surface area contributed by atoms with E-state index in [0.29, 0.717) is 0 Å². The summed E-state index contributed by atoms with van der Waals surface area (Å²) < 4.78 is 3.04. The Hall–Kier alpha value is -4.18. The van der Waals surface area contributed by atoms with Gasteiger partial charge in [-0.2, -0.15) is 0 Å². The van der Waals surface area contributed by atoms with Gasteiger partial charge in [-0.05, 0) is 0 Å². The van der Waals surface area contributed by atoms with Crippen molar-refractivity contribution in [3.63, 3.8) is 0 Å². The molecule has 0 amide bonds. The van der Waals surface area contributed by atoms with Gasteiger partial charge in [0, 0.05) is 0 Å². The predicted octanol–water partition coefficient (Wildman–Crippen LogP) is 10.9. The van der Waals surface area contributed by atoms with Crippen LogP contribution in [0.3, 0.4) is 0 Å². The first kappa shape index (κ1) is 37.1.